The number of hydrogen-bond acceptors (Lipinski definition) is 6. The molecule has 29 heavy (non-hydrogen) atoms. The van der Waals surface area contributed by atoms with Gasteiger partial charge in [0.1, 0.15) is 0 Å². The molecule has 0 fully saturated rings. The summed E-state index contributed by atoms with van der Waals surface area (Å²) < 4.78 is 9.79. The topological polar surface area (TPSA) is 95.7 Å². The van der Waals surface area contributed by atoms with E-state index in [1.807, 2.05) is 6.07 Å². The quantitative estimate of drug-likeness (QED) is 0.235. The number of nitro groups is 1. The maximum absolute atomic E-state index is 12.9. The third-order valence-electron chi connectivity index (χ3n) is 4.60. The summed E-state index contributed by atoms with van der Waals surface area (Å²) in [5, 5.41) is 11.4. The van der Waals surface area contributed by atoms with Crippen LogP contribution in [-0.2, 0) is 19.1 Å². The lowest BCUT2D eigenvalue weighted by Crippen LogP contribution is -2.48. The number of esters is 2. The maximum Gasteiger partial charge on any atom is 0.325 e. The molecule has 0 heterocycles. The van der Waals surface area contributed by atoms with E-state index in [4.69, 9.17) is 9.47 Å². The molecule has 1 atom stereocenters. The van der Waals surface area contributed by atoms with Crippen molar-refractivity contribution in [2.24, 2.45) is 5.41 Å². The summed E-state index contributed by atoms with van der Waals surface area (Å²) in [5.74, 6) is 2.73. The summed E-state index contributed by atoms with van der Waals surface area (Å²) in [6.07, 6.45) is -0.297. The lowest BCUT2D eigenvalue weighted by molar-refractivity contribution is -0.485. The van der Waals surface area contributed by atoms with E-state index in [2.05, 4.69) is 11.8 Å². The zero-order chi connectivity index (χ0) is 21.3. The van der Waals surface area contributed by atoms with Gasteiger partial charge in [0.25, 0.3) is 0 Å². The van der Waals surface area contributed by atoms with Crippen LogP contribution in [0.3, 0.4) is 0 Å². The predicted octanol–water partition coefficient (Wildman–Crippen LogP) is 2.82. The molecule has 7 nitrogen and oxygen atoms in total. The van der Waals surface area contributed by atoms with Crippen LogP contribution in [0.15, 0.2) is 60.7 Å². The molecule has 7 heteroatoms. The Morgan fingerprint density at radius 2 is 1.52 bits per heavy atom. The number of ether oxygens (including phenoxy) is 2. The summed E-state index contributed by atoms with van der Waals surface area (Å²) in [6.45, 7) is -0.665. The zero-order valence-electron chi connectivity index (χ0n) is 16.2. The Bertz CT molecular complexity index is 899. The van der Waals surface area contributed by atoms with Gasteiger partial charge in [-0.15, -0.1) is 0 Å². The van der Waals surface area contributed by atoms with Crippen molar-refractivity contribution in [3.63, 3.8) is 0 Å². The summed E-state index contributed by atoms with van der Waals surface area (Å²) in [7, 11) is 2.25. The molecule has 0 radical (unpaired) electrons. The van der Waals surface area contributed by atoms with Crippen molar-refractivity contribution in [2.75, 3.05) is 20.8 Å². The fourth-order valence-corrected chi connectivity index (χ4v) is 3.19. The van der Waals surface area contributed by atoms with Crippen molar-refractivity contribution >= 4 is 11.9 Å². The Kier molecular flexibility index (Phi) is 7.49. The second-order valence-electron chi connectivity index (χ2n) is 6.28. The first-order valence-corrected chi connectivity index (χ1v) is 8.83. The minimum atomic E-state index is -1.99. The highest BCUT2D eigenvalue weighted by molar-refractivity contribution is 6.01. The normalized spacial score (nSPS) is 11.5. The zero-order valence-corrected chi connectivity index (χ0v) is 16.2. The summed E-state index contributed by atoms with van der Waals surface area (Å²) in [6, 6.07) is 17.3. The number of benzene rings is 2. The van der Waals surface area contributed by atoms with Crippen LogP contribution in [0.5, 0.6) is 0 Å². The summed E-state index contributed by atoms with van der Waals surface area (Å²) in [4.78, 5) is 36.6. The van der Waals surface area contributed by atoms with Crippen LogP contribution in [0.1, 0.15) is 23.5 Å². The van der Waals surface area contributed by atoms with E-state index in [1.54, 1.807) is 54.6 Å². The third-order valence-corrected chi connectivity index (χ3v) is 4.60. The van der Waals surface area contributed by atoms with Gasteiger partial charge in [-0.2, -0.15) is 0 Å². The van der Waals surface area contributed by atoms with Crippen molar-refractivity contribution in [1.82, 2.24) is 0 Å². The molecule has 150 valence electrons. The van der Waals surface area contributed by atoms with Crippen LogP contribution in [-0.4, -0.2) is 37.6 Å². The van der Waals surface area contributed by atoms with Crippen LogP contribution in [0.4, 0.5) is 0 Å². The van der Waals surface area contributed by atoms with E-state index in [0.29, 0.717) is 11.1 Å². The molecule has 0 amide bonds. The van der Waals surface area contributed by atoms with Crippen LogP contribution in [0.25, 0.3) is 0 Å². The van der Waals surface area contributed by atoms with Gasteiger partial charge in [-0.3, -0.25) is 19.7 Å². The van der Waals surface area contributed by atoms with Crippen LogP contribution >= 0.6 is 0 Å². The highest BCUT2D eigenvalue weighted by Gasteiger charge is 2.56. The first-order valence-electron chi connectivity index (χ1n) is 8.83. The lowest BCUT2D eigenvalue weighted by Gasteiger charge is -2.32. The van der Waals surface area contributed by atoms with Gasteiger partial charge in [0, 0.05) is 16.9 Å². The van der Waals surface area contributed by atoms with Crippen molar-refractivity contribution < 1.29 is 24.0 Å². The molecule has 0 saturated heterocycles. The van der Waals surface area contributed by atoms with Crippen LogP contribution in [0.2, 0.25) is 0 Å². The largest absolute Gasteiger partial charge is 0.468 e. The number of methoxy groups -OCH3 is 2. The number of carbonyl (C=O) groups excluding carboxylic acids is 2. The van der Waals surface area contributed by atoms with Gasteiger partial charge >= 0.3 is 11.9 Å². The first kappa shape index (κ1) is 21.6. The standard InChI is InChI=1S/C22H21NO6/c1-28-20(24)22(21(25)29-2,15-9-12-17-10-5-3-6-11-17)19(16-23(26)27)18-13-7-4-8-14-18/h3-8,10-11,13-14,19H,15-16H2,1-2H3. The minimum Gasteiger partial charge on any atom is -0.468 e. The second-order valence-corrected chi connectivity index (χ2v) is 6.28. The van der Waals surface area contributed by atoms with Gasteiger partial charge < -0.3 is 9.47 Å². The van der Waals surface area contributed by atoms with E-state index in [1.165, 1.54) is 0 Å². The molecule has 0 spiro atoms. The molecule has 2 aromatic carbocycles. The van der Waals surface area contributed by atoms with Gasteiger partial charge in [-0.25, -0.2) is 0 Å². The molecule has 0 N–H and O–H groups in total. The molecule has 0 aliphatic carbocycles. The highest BCUT2D eigenvalue weighted by Crippen LogP contribution is 2.41. The maximum atomic E-state index is 12.9. The fraction of sp³-hybridized carbons (Fsp3) is 0.273. The van der Waals surface area contributed by atoms with Gasteiger partial charge in [-0.1, -0.05) is 60.4 Å². The molecule has 2 aromatic rings. The average Bonchev–Trinajstić information content (AvgIpc) is 2.75. The summed E-state index contributed by atoms with van der Waals surface area (Å²) in [5.41, 5.74) is -0.858. The van der Waals surface area contributed by atoms with Gasteiger partial charge in [0.2, 0.25) is 6.54 Å². The third kappa shape index (κ3) is 4.99. The SMILES string of the molecule is COC(=O)C(CC#Cc1ccccc1)(C(=O)OC)C(C[N+](=O)[O-])c1ccccc1. The number of rotatable bonds is 7. The lowest BCUT2D eigenvalue weighted by atomic mass is 9.69. The van der Waals surface area contributed by atoms with E-state index in [-0.39, 0.29) is 6.42 Å². The highest BCUT2D eigenvalue weighted by atomic mass is 16.6. The molecule has 0 aliphatic heterocycles. The minimum absolute atomic E-state index is 0.297. The second kappa shape index (κ2) is 10.0. The Balaban J connectivity index is 2.62. The molecular weight excluding hydrogens is 374 g/mol. The Labute approximate surface area is 168 Å². The Morgan fingerprint density at radius 1 is 1.00 bits per heavy atom. The molecular formula is C22H21NO6. The van der Waals surface area contributed by atoms with E-state index >= 15 is 0 Å². The van der Waals surface area contributed by atoms with Crippen molar-refractivity contribution in [3.05, 3.63) is 81.9 Å². The van der Waals surface area contributed by atoms with Gasteiger partial charge in [-0.05, 0) is 17.7 Å². The average molecular weight is 395 g/mol. The number of hydrogen-bond donors (Lipinski definition) is 0. The number of nitrogens with zero attached hydrogens (tertiary/aromatic N) is 1. The van der Waals surface area contributed by atoms with E-state index < -0.39 is 34.7 Å². The summed E-state index contributed by atoms with van der Waals surface area (Å²) >= 11 is 0. The van der Waals surface area contributed by atoms with Gasteiger partial charge in [0.05, 0.1) is 20.1 Å². The molecule has 0 aromatic heterocycles. The Hall–Kier alpha value is -3.66. The molecule has 2 rings (SSSR count). The smallest absolute Gasteiger partial charge is 0.325 e. The molecule has 0 aliphatic rings. The van der Waals surface area contributed by atoms with Crippen LogP contribution in [0, 0.1) is 27.4 Å². The Morgan fingerprint density at radius 3 is 2.00 bits per heavy atom. The number of carbonyl (C=O) groups is 2. The van der Waals surface area contributed by atoms with Crippen molar-refractivity contribution in [3.8, 4) is 11.8 Å². The van der Waals surface area contributed by atoms with Crippen molar-refractivity contribution in [2.45, 2.75) is 12.3 Å². The molecule has 0 saturated carbocycles. The molecule has 1 unspecified atom stereocenters. The first-order chi connectivity index (χ1) is 14.0. The molecule has 0 bridgehead atoms. The predicted molar refractivity (Wildman–Crippen MR) is 105 cm³/mol. The van der Waals surface area contributed by atoms with Crippen molar-refractivity contribution in [1.29, 1.82) is 0 Å². The van der Waals surface area contributed by atoms with Gasteiger partial charge in [0.15, 0.2) is 5.41 Å². The fourth-order valence-electron chi connectivity index (χ4n) is 3.19. The monoisotopic (exact) mass is 395 g/mol. The van der Waals surface area contributed by atoms with E-state index in [0.717, 1.165) is 14.2 Å². The van der Waals surface area contributed by atoms with E-state index in [9.17, 15) is 19.7 Å². The van der Waals surface area contributed by atoms with Crippen LogP contribution < -0.4 is 0 Å².